The Balaban J connectivity index is 1.45. The van der Waals surface area contributed by atoms with Gasteiger partial charge in [0.2, 0.25) is 5.91 Å². The van der Waals surface area contributed by atoms with E-state index in [1.165, 1.54) is 36.6 Å². The third-order valence-electron chi connectivity index (χ3n) is 5.42. The standard InChI is InChI=1S/C21H28N4OS/c1-15-10-16(2)12-24(11-15)19(26)14-27-21-23-22-20(18-8-9-18)25(21)13-17-6-4-3-5-7-17/h3-7,15-16,18H,8-14H2,1-2H3/t15-,16-/m0/s1. The van der Waals surface area contributed by atoms with E-state index in [0.717, 1.165) is 30.6 Å². The Hall–Kier alpha value is -1.82. The van der Waals surface area contributed by atoms with Crippen molar-refractivity contribution >= 4 is 17.7 Å². The van der Waals surface area contributed by atoms with Crippen molar-refractivity contribution < 1.29 is 4.79 Å². The number of hydrogen-bond acceptors (Lipinski definition) is 4. The van der Waals surface area contributed by atoms with Gasteiger partial charge in [0.15, 0.2) is 5.16 Å². The molecule has 1 aliphatic heterocycles. The predicted molar refractivity (Wildman–Crippen MR) is 108 cm³/mol. The van der Waals surface area contributed by atoms with E-state index in [9.17, 15) is 4.79 Å². The predicted octanol–water partition coefficient (Wildman–Crippen LogP) is 3.80. The van der Waals surface area contributed by atoms with E-state index in [1.54, 1.807) is 0 Å². The van der Waals surface area contributed by atoms with Gasteiger partial charge in [-0.25, -0.2) is 0 Å². The summed E-state index contributed by atoms with van der Waals surface area (Å²) in [6.07, 6.45) is 3.60. The zero-order valence-corrected chi connectivity index (χ0v) is 17.0. The molecule has 27 heavy (non-hydrogen) atoms. The van der Waals surface area contributed by atoms with E-state index in [0.29, 0.717) is 23.5 Å². The molecule has 1 aromatic carbocycles. The van der Waals surface area contributed by atoms with E-state index in [2.05, 4.69) is 52.9 Å². The molecule has 2 fully saturated rings. The minimum absolute atomic E-state index is 0.223. The van der Waals surface area contributed by atoms with Crippen molar-refractivity contribution in [2.24, 2.45) is 11.8 Å². The number of benzene rings is 1. The Kier molecular flexibility index (Phi) is 5.53. The Bertz CT molecular complexity index is 777. The molecule has 0 bridgehead atoms. The first kappa shape index (κ1) is 18.5. The number of amides is 1. The normalized spacial score (nSPS) is 22.8. The van der Waals surface area contributed by atoms with Gasteiger partial charge in [0.1, 0.15) is 5.82 Å². The first-order chi connectivity index (χ1) is 13.1. The Labute approximate surface area is 165 Å². The summed E-state index contributed by atoms with van der Waals surface area (Å²) in [4.78, 5) is 14.8. The van der Waals surface area contributed by atoms with Crippen LogP contribution in [0.1, 0.15) is 50.4 Å². The number of rotatable bonds is 6. The first-order valence-electron chi connectivity index (χ1n) is 9.97. The van der Waals surface area contributed by atoms with Crippen LogP contribution in [0.2, 0.25) is 0 Å². The lowest BCUT2D eigenvalue weighted by molar-refractivity contribution is -0.130. The lowest BCUT2D eigenvalue weighted by Gasteiger charge is -2.35. The quantitative estimate of drug-likeness (QED) is 0.711. The van der Waals surface area contributed by atoms with E-state index in [1.807, 2.05) is 11.0 Å². The molecule has 2 heterocycles. The topological polar surface area (TPSA) is 51.0 Å². The molecule has 1 aliphatic carbocycles. The van der Waals surface area contributed by atoms with Crippen LogP contribution in [-0.2, 0) is 11.3 Å². The zero-order valence-electron chi connectivity index (χ0n) is 16.2. The maximum absolute atomic E-state index is 12.7. The van der Waals surface area contributed by atoms with Crippen LogP contribution in [0.4, 0.5) is 0 Å². The molecule has 144 valence electrons. The van der Waals surface area contributed by atoms with Crippen molar-refractivity contribution in [2.45, 2.75) is 50.7 Å². The van der Waals surface area contributed by atoms with E-state index >= 15 is 0 Å². The van der Waals surface area contributed by atoms with Gasteiger partial charge in [0.05, 0.1) is 12.3 Å². The van der Waals surface area contributed by atoms with Crippen LogP contribution in [0.15, 0.2) is 35.5 Å². The molecule has 2 aromatic rings. The molecule has 1 amide bonds. The molecule has 1 saturated carbocycles. The second-order valence-electron chi connectivity index (χ2n) is 8.22. The largest absolute Gasteiger partial charge is 0.341 e. The number of hydrogen-bond donors (Lipinski definition) is 0. The van der Waals surface area contributed by atoms with Gasteiger partial charge >= 0.3 is 0 Å². The highest BCUT2D eigenvalue weighted by molar-refractivity contribution is 7.99. The Morgan fingerprint density at radius 2 is 1.81 bits per heavy atom. The van der Waals surface area contributed by atoms with Crippen LogP contribution in [0, 0.1) is 11.8 Å². The number of likely N-dealkylation sites (tertiary alicyclic amines) is 1. The summed E-state index contributed by atoms with van der Waals surface area (Å²) < 4.78 is 2.21. The van der Waals surface area contributed by atoms with Crippen LogP contribution in [-0.4, -0.2) is 44.4 Å². The van der Waals surface area contributed by atoms with E-state index in [4.69, 9.17) is 0 Å². The van der Waals surface area contributed by atoms with Gasteiger partial charge < -0.3 is 9.47 Å². The van der Waals surface area contributed by atoms with E-state index < -0.39 is 0 Å². The van der Waals surface area contributed by atoms with Gasteiger partial charge in [-0.1, -0.05) is 55.9 Å². The average molecular weight is 385 g/mol. The van der Waals surface area contributed by atoms with Crippen LogP contribution in [0.25, 0.3) is 0 Å². The summed E-state index contributed by atoms with van der Waals surface area (Å²) in [5, 5.41) is 9.75. The van der Waals surface area contributed by atoms with Gasteiger partial charge in [-0.3, -0.25) is 4.79 Å². The summed E-state index contributed by atoms with van der Waals surface area (Å²) in [6, 6.07) is 10.4. The molecule has 0 radical (unpaired) electrons. The Morgan fingerprint density at radius 1 is 1.11 bits per heavy atom. The maximum Gasteiger partial charge on any atom is 0.233 e. The van der Waals surface area contributed by atoms with Gasteiger partial charge in [-0.15, -0.1) is 10.2 Å². The highest BCUT2D eigenvalue weighted by Crippen LogP contribution is 2.40. The van der Waals surface area contributed by atoms with Crippen LogP contribution < -0.4 is 0 Å². The summed E-state index contributed by atoms with van der Waals surface area (Å²) >= 11 is 1.53. The number of piperidine rings is 1. The van der Waals surface area contributed by atoms with Crippen molar-refractivity contribution in [3.63, 3.8) is 0 Å². The average Bonchev–Trinajstić information content (AvgIpc) is 3.42. The summed E-state index contributed by atoms with van der Waals surface area (Å²) in [6.45, 7) is 7.01. The summed E-state index contributed by atoms with van der Waals surface area (Å²) in [7, 11) is 0. The number of carbonyl (C=O) groups excluding carboxylic acids is 1. The molecule has 1 saturated heterocycles. The third-order valence-corrected chi connectivity index (χ3v) is 6.37. The van der Waals surface area contributed by atoms with Crippen molar-refractivity contribution in [2.75, 3.05) is 18.8 Å². The van der Waals surface area contributed by atoms with Crippen LogP contribution in [0.3, 0.4) is 0 Å². The Morgan fingerprint density at radius 3 is 2.48 bits per heavy atom. The van der Waals surface area contributed by atoms with Crippen LogP contribution >= 0.6 is 11.8 Å². The van der Waals surface area contributed by atoms with Crippen LogP contribution in [0.5, 0.6) is 0 Å². The molecule has 2 aliphatic rings. The minimum atomic E-state index is 0.223. The third kappa shape index (κ3) is 4.54. The zero-order chi connectivity index (χ0) is 18.8. The highest BCUT2D eigenvalue weighted by atomic mass is 32.2. The van der Waals surface area contributed by atoms with Gasteiger partial charge in [-0.2, -0.15) is 0 Å². The van der Waals surface area contributed by atoms with E-state index in [-0.39, 0.29) is 5.91 Å². The number of thioether (sulfide) groups is 1. The molecule has 5 nitrogen and oxygen atoms in total. The fraction of sp³-hybridized carbons (Fsp3) is 0.571. The van der Waals surface area contributed by atoms with Crippen molar-refractivity contribution in [3.8, 4) is 0 Å². The van der Waals surface area contributed by atoms with Crippen molar-refractivity contribution in [3.05, 3.63) is 41.7 Å². The molecule has 0 unspecified atom stereocenters. The summed E-state index contributed by atoms with van der Waals surface area (Å²) in [5.74, 6) is 3.46. The number of carbonyl (C=O) groups is 1. The molecular formula is C21H28N4OS. The SMILES string of the molecule is C[C@H]1C[C@H](C)CN(C(=O)CSc2nnc(C3CC3)n2Cc2ccccc2)C1. The number of aromatic nitrogens is 3. The maximum atomic E-state index is 12.7. The van der Waals surface area contributed by atoms with Crippen molar-refractivity contribution in [1.29, 1.82) is 0 Å². The lowest BCUT2D eigenvalue weighted by Crippen LogP contribution is -2.43. The summed E-state index contributed by atoms with van der Waals surface area (Å²) in [5.41, 5.74) is 1.24. The molecular weight excluding hydrogens is 356 g/mol. The lowest BCUT2D eigenvalue weighted by atomic mass is 9.92. The molecule has 4 rings (SSSR count). The molecule has 6 heteroatoms. The van der Waals surface area contributed by atoms with Gasteiger partial charge in [0, 0.05) is 19.0 Å². The molecule has 0 N–H and O–H groups in total. The molecule has 1 aromatic heterocycles. The fourth-order valence-corrected chi connectivity index (χ4v) is 4.90. The first-order valence-corrected chi connectivity index (χ1v) is 11.0. The second-order valence-corrected chi connectivity index (χ2v) is 9.16. The highest BCUT2D eigenvalue weighted by Gasteiger charge is 2.31. The molecule has 0 spiro atoms. The second kappa shape index (κ2) is 8.05. The number of nitrogens with zero attached hydrogens (tertiary/aromatic N) is 4. The van der Waals surface area contributed by atoms with Gasteiger partial charge in [-0.05, 0) is 36.7 Å². The smallest absolute Gasteiger partial charge is 0.233 e. The fourth-order valence-electron chi connectivity index (χ4n) is 4.05. The molecule has 2 atom stereocenters. The van der Waals surface area contributed by atoms with Crippen molar-refractivity contribution in [1.82, 2.24) is 19.7 Å². The van der Waals surface area contributed by atoms with Gasteiger partial charge in [0.25, 0.3) is 0 Å². The minimum Gasteiger partial charge on any atom is -0.341 e. The monoisotopic (exact) mass is 384 g/mol.